The first kappa shape index (κ1) is 19.7. The Labute approximate surface area is 166 Å². The third-order valence-corrected chi connectivity index (χ3v) is 9.69. The fourth-order valence-corrected chi connectivity index (χ4v) is 8.07. The second-order valence-corrected chi connectivity index (χ2v) is 10.8. The Hall–Kier alpha value is -0.570. The first-order valence-corrected chi connectivity index (χ1v) is 12.0. The van der Waals surface area contributed by atoms with Crippen LogP contribution < -0.4 is 10.6 Å². The summed E-state index contributed by atoms with van der Waals surface area (Å²) >= 11 is 0. The zero-order chi connectivity index (χ0) is 19.1. The summed E-state index contributed by atoms with van der Waals surface area (Å²) in [5, 5.41) is 7.05. The Balaban J connectivity index is 1.41. The molecule has 4 aliphatic rings. The van der Waals surface area contributed by atoms with Crippen LogP contribution in [0.1, 0.15) is 91.4 Å². The molecule has 0 aromatic heterocycles. The van der Waals surface area contributed by atoms with Gasteiger partial charge in [-0.2, -0.15) is 0 Å². The van der Waals surface area contributed by atoms with Crippen molar-refractivity contribution in [3.63, 3.8) is 0 Å². The van der Waals surface area contributed by atoms with E-state index in [-0.39, 0.29) is 5.91 Å². The second kappa shape index (κ2) is 7.69. The van der Waals surface area contributed by atoms with Gasteiger partial charge in [-0.1, -0.05) is 26.7 Å². The highest BCUT2D eigenvalue weighted by Crippen LogP contribution is 2.63. The SMILES string of the molecule is CCNC(=O)CCC[C@H]1CCC2C3NCC4CCCC[C@]4(C)C3CC[C@@]21C. The van der Waals surface area contributed by atoms with E-state index in [9.17, 15) is 4.79 Å². The molecule has 1 aliphatic heterocycles. The number of hydrogen-bond acceptors (Lipinski definition) is 2. The molecule has 7 atom stereocenters. The molecule has 0 bridgehead atoms. The average Bonchev–Trinajstić information content (AvgIpc) is 2.98. The largest absolute Gasteiger partial charge is 0.356 e. The molecule has 2 N–H and O–H groups in total. The summed E-state index contributed by atoms with van der Waals surface area (Å²) in [7, 11) is 0. The standard InChI is InChI=1S/C24H42N2O/c1-4-25-21(27)10-7-9-17-11-12-19-22-20(13-15-24(17,19)3)23(2)14-6-5-8-18(23)16-26-22/h17-20,22,26H,4-16H2,1-3H3,(H,25,27)/t17-,18?,19?,20?,22?,23-,24+/m0/s1. The molecule has 1 heterocycles. The van der Waals surface area contributed by atoms with Crippen LogP contribution in [0.15, 0.2) is 0 Å². The quantitative estimate of drug-likeness (QED) is 0.718. The lowest BCUT2D eigenvalue weighted by atomic mass is 9.49. The van der Waals surface area contributed by atoms with Gasteiger partial charge in [0.2, 0.25) is 5.91 Å². The van der Waals surface area contributed by atoms with E-state index in [0.717, 1.165) is 49.1 Å². The second-order valence-electron chi connectivity index (χ2n) is 10.8. The molecule has 0 radical (unpaired) electrons. The van der Waals surface area contributed by atoms with E-state index in [0.29, 0.717) is 10.8 Å². The molecule has 1 amide bonds. The predicted molar refractivity (Wildman–Crippen MR) is 111 cm³/mol. The normalized spacial score (nSPS) is 46.3. The smallest absolute Gasteiger partial charge is 0.219 e. The minimum Gasteiger partial charge on any atom is -0.356 e. The lowest BCUT2D eigenvalue weighted by Crippen LogP contribution is -2.63. The van der Waals surface area contributed by atoms with Crippen molar-refractivity contribution in [1.29, 1.82) is 0 Å². The summed E-state index contributed by atoms with van der Waals surface area (Å²) in [6.07, 6.45) is 14.5. The van der Waals surface area contributed by atoms with Gasteiger partial charge >= 0.3 is 0 Å². The molecule has 3 heteroatoms. The van der Waals surface area contributed by atoms with Crippen molar-refractivity contribution in [1.82, 2.24) is 10.6 Å². The van der Waals surface area contributed by atoms with E-state index in [1.54, 1.807) is 0 Å². The topological polar surface area (TPSA) is 41.1 Å². The zero-order valence-electron chi connectivity index (χ0n) is 18.0. The van der Waals surface area contributed by atoms with E-state index in [2.05, 4.69) is 24.5 Å². The zero-order valence-corrected chi connectivity index (χ0v) is 18.0. The van der Waals surface area contributed by atoms with Crippen LogP contribution in [0.5, 0.6) is 0 Å². The number of nitrogens with one attached hydrogen (secondary N) is 2. The van der Waals surface area contributed by atoms with Gasteiger partial charge in [-0.15, -0.1) is 0 Å². The monoisotopic (exact) mass is 374 g/mol. The fraction of sp³-hybridized carbons (Fsp3) is 0.958. The summed E-state index contributed by atoms with van der Waals surface area (Å²) in [6.45, 7) is 9.29. The molecule has 4 unspecified atom stereocenters. The highest BCUT2D eigenvalue weighted by molar-refractivity contribution is 5.75. The van der Waals surface area contributed by atoms with E-state index in [1.165, 1.54) is 64.3 Å². The van der Waals surface area contributed by atoms with Crippen LogP contribution in [0, 0.1) is 34.5 Å². The third-order valence-electron chi connectivity index (χ3n) is 9.69. The van der Waals surface area contributed by atoms with Gasteiger partial charge in [0.1, 0.15) is 0 Å². The third kappa shape index (κ3) is 3.36. The summed E-state index contributed by atoms with van der Waals surface area (Å²) in [5.74, 6) is 3.77. The van der Waals surface area contributed by atoms with Crippen LogP contribution in [0.4, 0.5) is 0 Å². The van der Waals surface area contributed by atoms with Crippen LogP contribution in [-0.4, -0.2) is 25.0 Å². The highest BCUT2D eigenvalue weighted by Gasteiger charge is 2.59. The highest BCUT2D eigenvalue weighted by atomic mass is 16.1. The lowest BCUT2D eigenvalue weighted by Gasteiger charge is -2.60. The van der Waals surface area contributed by atoms with Crippen LogP contribution in [-0.2, 0) is 4.79 Å². The molecule has 0 aromatic rings. The maximum atomic E-state index is 11.8. The first-order valence-electron chi connectivity index (χ1n) is 12.0. The molecular weight excluding hydrogens is 332 g/mol. The van der Waals surface area contributed by atoms with E-state index in [4.69, 9.17) is 0 Å². The molecule has 154 valence electrons. The minimum atomic E-state index is 0.242. The Bertz CT molecular complexity index is 548. The molecular formula is C24H42N2O. The number of carbonyl (C=O) groups excluding carboxylic acids is 1. The van der Waals surface area contributed by atoms with Crippen molar-refractivity contribution >= 4 is 5.91 Å². The number of rotatable bonds is 5. The van der Waals surface area contributed by atoms with Crippen LogP contribution >= 0.6 is 0 Å². The average molecular weight is 375 g/mol. The summed E-state index contributed by atoms with van der Waals surface area (Å²) in [5.41, 5.74) is 1.11. The van der Waals surface area contributed by atoms with Gasteiger partial charge in [0, 0.05) is 19.0 Å². The van der Waals surface area contributed by atoms with Gasteiger partial charge in [0.15, 0.2) is 0 Å². The van der Waals surface area contributed by atoms with Crippen molar-refractivity contribution in [2.24, 2.45) is 34.5 Å². The van der Waals surface area contributed by atoms with Gasteiger partial charge in [-0.25, -0.2) is 0 Å². The van der Waals surface area contributed by atoms with Crippen LogP contribution in [0.2, 0.25) is 0 Å². The van der Waals surface area contributed by atoms with E-state index in [1.807, 2.05) is 6.92 Å². The lowest BCUT2D eigenvalue weighted by molar-refractivity contribution is -0.121. The molecule has 1 saturated heterocycles. The van der Waals surface area contributed by atoms with Gasteiger partial charge in [-0.3, -0.25) is 4.79 Å². The molecule has 4 rings (SSSR count). The molecule has 27 heavy (non-hydrogen) atoms. The van der Waals surface area contributed by atoms with Crippen molar-refractivity contribution in [2.75, 3.05) is 13.1 Å². The van der Waals surface area contributed by atoms with E-state index >= 15 is 0 Å². The summed E-state index contributed by atoms with van der Waals surface area (Å²) < 4.78 is 0. The predicted octanol–water partition coefficient (Wildman–Crippen LogP) is 4.90. The van der Waals surface area contributed by atoms with Gasteiger partial charge < -0.3 is 10.6 Å². The maximum Gasteiger partial charge on any atom is 0.219 e. The van der Waals surface area contributed by atoms with Crippen molar-refractivity contribution in [3.05, 3.63) is 0 Å². The first-order chi connectivity index (χ1) is 13.0. The van der Waals surface area contributed by atoms with Gasteiger partial charge in [0.05, 0.1) is 0 Å². The Kier molecular flexibility index (Phi) is 5.62. The Morgan fingerprint density at radius 2 is 1.85 bits per heavy atom. The number of piperidine rings is 1. The van der Waals surface area contributed by atoms with Gasteiger partial charge in [-0.05, 0) is 99.3 Å². The molecule has 0 spiro atoms. The molecule has 4 fully saturated rings. The summed E-state index contributed by atoms with van der Waals surface area (Å²) in [4.78, 5) is 11.8. The summed E-state index contributed by atoms with van der Waals surface area (Å²) in [6, 6.07) is 0.761. The minimum absolute atomic E-state index is 0.242. The van der Waals surface area contributed by atoms with Crippen LogP contribution in [0.3, 0.4) is 0 Å². The number of carbonyl (C=O) groups is 1. The molecule has 3 aliphatic carbocycles. The Morgan fingerprint density at radius 3 is 2.67 bits per heavy atom. The molecule has 3 saturated carbocycles. The Morgan fingerprint density at radius 1 is 1.04 bits per heavy atom. The number of fused-ring (bicyclic) bond motifs is 5. The van der Waals surface area contributed by atoms with Crippen molar-refractivity contribution in [3.8, 4) is 0 Å². The van der Waals surface area contributed by atoms with Crippen molar-refractivity contribution < 1.29 is 4.79 Å². The molecule has 3 nitrogen and oxygen atoms in total. The maximum absolute atomic E-state index is 11.8. The number of amides is 1. The van der Waals surface area contributed by atoms with Crippen LogP contribution in [0.25, 0.3) is 0 Å². The van der Waals surface area contributed by atoms with E-state index < -0.39 is 0 Å². The molecule has 0 aromatic carbocycles. The van der Waals surface area contributed by atoms with Gasteiger partial charge in [0.25, 0.3) is 0 Å². The number of hydrogen-bond donors (Lipinski definition) is 2. The fourth-order valence-electron chi connectivity index (χ4n) is 8.07. The van der Waals surface area contributed by atoms with Crippen molar-refractivity contribution in [2.45, 2.75) is 97.4 Å².